The third kappa shape index (κ3) is 3.76. The molecule has 1 aliphatic carbocycles. The Labute approximate surface area is 140 Å². The lowest BCUT2D eigenvalue weighted by Crippen LogP contribution is -2.16. The van der Waals surface area contributed by atoms with Crippen molar-refractivity contribution < 1.29 is 0 Å². The van der Waals surface area contributed by atoms with Gasteiger partial charge in [0, 0.05) is 25.7 Å². The van der Waals surface area contributed by atoms with Crippen LogP contribution in [0.5, 0.6) is 0 Å². The van der Waals surface area contributed by atoms with E-state index in [2.05, 4.69) is 61.5 Å². The van der Waals surface area contributed by atoms with Crippen molar-refractivity contribution in [3.63, 3.8) is 0 Å². The Morgan fingerprint density at radius 1 is 0.957 bits per heavy atom. The molecule has 3 rings (SSSR count). The average molecular weight is 308 g/mol. The number of rotatable bonds is 5. The van der Waals surface area contributed by atoms with Crippen molar-refractivity contribution in [1.29, 1.82) is 0 Å². The van der Waals surface area contributed by atoms with Gasteiger partial charge in [-0.1, -0.05) is 30.3 Å². The van der Waals surface area contributed by atoms with Crippen LogP contribution in [0.15, 0.2) is 42.5 Å². The molecule has 2 heteroatoms. The largest absolute Gasteiger partial charge is 0.378 e. The molecule has 0 heterocycles. The molecule has 1 aliphatic rings. The Morgan fingerprint density at radius 2 is 1.65 bits per heavy atom. The first-order valence-corrected chi connectivity index (χ1v) is 8.75. The van der Waals surface area contributed by atoms with Gasteiger partial charge in [-0.2, -0.15) is 0 Å². The van der Waals surface area contributed by atoms with Crippen molar-refractivity contribution >= 4 is 5.69 Å². The van der Waals surface area contributed by atoms with Crippen LogP contribution in [0, 0.1) is 0 Å². The smallest absolute Gasteiger partial charge is 0.0361 e. The van der Waals surface area contributed by atoms with Gasteiger partial charge in [-0.3, -0.25) is 0 Å². The van der Waals surface area contributed by atoms with Gasteiger partial charge in [0.05, 0.1) is 0 Å². The predicted molar refractivity (Wildman–Crippen MR) is 99.4 cm³/mol. The van der Waals surface area contributed by atoms with Gasteiger partial charge in [-0.15, -0.1) is 0 Å². The van der Waals surface area contributed by atoms with Gasteiger partial charge >= 0.3 is 0 Å². The fourth-order valence-electron chi connectivity index (χ4n) is 3.56. The zero-order valence-corrected chi connectivity index (χ0v) is 14.4. The van der Waals surface area contributed by atoms with Crippen molar-refractivity contribution in [3.05, 3.63) is 64.7 Å². The van der Waals surface area contributed by atoms with Gasteiger partial charge in [-0.05, 0) is 73.0 Å². The first-order valence-electron chi connectivity index (χ1n) is 8.75. The number of nitrogens with two attached hydrogens (primary N) is 1. The second-order valence-corrected chi connectivity index (χ2v) is 6.93. The van der Waals surface area contributed by atoms with E-state index in [0.29, 0.717) is 12.5 Å². The molecule has 0 fully saturated rings. The summed E-state index contributed by atoms with van der Waals surface area (Å²) in [6, 6.07) is 15.9. The summed E-state index contributed by atoms with van der Waals surface area (Å²) in [5.41, 5.74) is 13.2. The zero-order chi connectivity index (χ0) is 16.2. The van der Waals surface area contributed by atoms with Crippen molar-refractivity contribution in [2.75, 3.05) is 25.5 Å². The molecule has 0 saturated heterocycles. The van der Waals surface area contributed by atoms with Crippen LogP contribution in [0.4, 0.5) is 5.69 Å². The second kappa shape index (κ2) is 7.18. The molecule has 122 valence electrons. The van der Waals surface area contributed by atoms with E-state index in [4.69, 9.17) is 5.73 Å². The van der Waals surface area contributed by atoms with Crippen molar-refractivity contribution in [2.45, 2.75) is 38.0 Å². The molecule has 0 saturated carbocycles. The van der Waals surface area contributed by atoms with Gasteiger partial charge < -0.3 is 10.6 Å². The summed E-state index contributed by atoms with van der Waals surface area (Å²) < 4.78 is 0. The maximum Gasteiger partial charge on any atom is 0.0361 e. The van der Waals surface area contributed by atoms with E-state index in [9.17, 15) is 0 Å². The molecule has 2 aromatic rings. The fraction of sp³-hybridized carbons (Fsp3) is 0.429. The summed E-state index contributed by atoms with van der Waals surface area (Å²) in [6.07, 6.45) is 6.16. The van der Waals surface area contributed by atoms with Crippen LogP contribution in [0.2, 0.25) is 0 Å². The molecule has 1 atom stereocenters. The number of anilines is 1. The topological polar surface area (TPSA) is 29.3 Å². The summed E-state index contributed by atoms with van der Waals surface area (Å²) in [6.45, 7) is 0.703. The molecule has 0 radical (unpaired) electrons. The summed E-state index contributed by atoms with van der Waals surface area (Å²) >= 11 is 0. The number of fused-ring (bicyclic) bond motifs is 1. The number of hydrogen-bond donors (Lipinski definition) is 1. The fourth-order valence-corrected chi connectivity index (χ4v) is 3.56. The van der Waals surface area contributed by atoms with E-state index < -0.39 is 0 Å². The third-order valence-corrected chi connectivity index (χ3v) is 5.06. The van der Waals surface area contributed by atoms with E-state index in [0.717, 1.165) is 6.42 Å². The first kappa shape index (κ1) is 16.1. The number of hydrogen-bond acceptors (Lipinski definition) is 2. The molecular weight excluding hydrogens is 280 g/mol. The van der Waals surface area contributed by atoms with Crippen molar-refractivity contribution in [1.82, 2.24) is 0 Å². The molecule has 0 aromatic heterocycles. The van der Waals surface area contributed by atoms with Crippen LogP contribution < -0.4 is 10.6 Å². The maximum atomic E-state index is 6.10. The summed E-state index contributed by atoms with van der Waals surface area (Å²) in [7, 11) is 4.15. The third-order valence-electron chi connectivity index (χ3n) is 5.06. The van der Waals surface area contributed by atoms with E-state index in [1.807, 2.05) is 0 Å². The van der Waals surface area contributed by atoms with Gasteiger partial charge in [0.15, 0.2) is 0 Å². The van der Waals surface area contributed by atoms with E-state index >= 15 is 0 Å². The average Bonchev–Trinajstić information content (AvgIpc) is 2.59. The maximum absolute atomic E-state index is 6.10. The minimum absolute atomic E-state index is 0.410. The zero-order valence-electron chi connectivity index (χ0n) is 14.4. The highest BCUT2D eigenvalue weighted by molar-refractivity contribution is 5.46. The summed E-state index contributed by atoms with van der Waals surface area (Å²) in [5, 5.41) is 0. The van der Waals surface area contributed by atoms with Crippen LogP contribution in [-0.4, -0.2) is 20.6 Å². The molecular formula is C21H28N2. The molecule has 1 unspecified atom stereocenters. The van der Waals surface area contributed by atoms with Crippen molar-refractivity contribution in [2.24, 2.45) is 5.73 Å². The molecule has 0 amide bonds. The molecule has 2 N–H and O–H groups in total. The van der Waals surface area contributed by atoms with Crippen LogP contribution in [0.25, 0.3) is 0 Å². The normalized spacial score (nSPS) is 15.1. The van der Waals surface area contributed by atoms with Crippen molar-refractivity contribution in [3.8, 4) is 0 Å². The standard InChI is InChI=1S/C21H28N2/c1-23(2)21-11-7-16(8-12-21)13-20(15-22)19-10-9-17-5-3-4-6-18(17)14-19/h7-12,14,20H,3-6,13,15,22H2,1-2H3. The Bertz CT molecular complexity index is 643. The second-order valence-electron chi connectivity index (χ2n) is 6.93. The van der Waals surface area contributed by atoms with Gasteiger partial charge in [0.25, 0.3) is 0 Å². The Kier molecular flexibility index (Phi) is 5.02. The molecule has 0 bridgehead atoms. The first-order chi connectivity index (χ1) is 11.2. The molecule has 0 spiro atoms. The lowest BCUT2D eigenvalue weighted by molar-refractivity contribution is 0.668. The molecule has 2 aromatic carbocycles. The number of nitrogens with zero attached hydrogens (tertiary/aromatic N) is 1. The van der Waals surface area contributed by atoms with E-state index in [1.165, 1.54) is 42.5 Å². The van der Waals surface area contributed by atoms with Crippen LogP contribution >= 0.6 is 0 Å². The summed E-state index contributed by atoms with van der Waals surface area (Å²) in [4.78, 5) is 2.13. The highest BCUT2D eigenvalue weighted by Gasteiger charge is 2.15. The molecule has 2 nitrogen and oxygen atoms in total. The number of benzene rings is 2. The van der Waals surface area contributed by atoms with Gasteiger partial charge in [0.2, 0.25) is 0 Å². The van der Waals surface area contributed by atoms with E-state index in [-0.39, 0.29) is 0 Å². The predicted octanol–water partition coefficient (Wildman–Crippen LogP) is 3.92. The van der Waals surface area contributed by atoms with E-state index in [1.54, 1.807) is 11.1 Å². The Balaban J connectivity index is 1.77. The van der Waals surface area contributed by atoms with Crippen LogP contribution in [0.1, 0.15) is 41.0 Å². The lowest BCUT2D eigenvalue weighted by atomic mass is 9.85. The lowest BCUT2D eigenvalue weighted by Gasteiger charge is -2.21. The van der Waals surface area contributed by atoms with Crippen LogP contribution in [-0.2, 0) is 19.3 Å². The summed E-state index contributed by atoms with van der Waals surface area (Å²) in [5.74, 6) is 0.410. The SMILES string of the molecule is CN(C)c1ccc(CC(CN)c2ccc3c(c2)CCCC3)cc1. The highest BCUT2D eigenvalue weighted by atomic mass is 15.1. The van der Waals surface area contributed by atoms with Gasteiger partial charge in [-0.25, -0.2) is 0 Å². The van der Waals surface area contributed by atoms with Gasteiger partial charge in [0.1, 0.15) is 0 Å². The highest BCUT2D eigenvalue weighted by Crippen LogP contribution is 2.27. The molecule has 0 aliphatic heterocycles. The molecule has 23 heavy (non-hydrogen) atoms. The quantitative estimate of drug-likeness (QED) is 0.907. The Hall–Kier alpha value is -1.80. The Morgan fingerprint density at radius 3 is 2.30 bits per heavy atom. The van der Waals surface area contributed by atoms with Crippen LogP contribution in [0.3, 0.4) is 0 Å². The minimum Gasteiger partial charge on any atom is -0.378 e. The number of aryl methyl sites for hydroxylation is 2. The minimum atomic E-state index is 0.410. The monoisotopic (exact) mass is 308 g/mol.